The molecule has 0 aliphatic carbocycles. The summed E-state index contributed by atoms with van der Waals surface area (Å²) in [6.45, 7) is 0. The molecule has 0 aromatic rings. The van der Waals surface area contributed by atoms with Crippen LogP contribution in [0, 0.1) is 5.41 Å². The third kappa shape index (κ3) is 83.1. The van der Waals surface area contributed by atoms with Crippen LogP contribution in [0.5, 0.6) is 0 Å². The van der Waals surface area contributed by atoms with Crippen molar-refractivity contribution >= 4 is 65.8 Å². The van der Waals surface area contributed by atoms with E-state index < -0.39 is 11.5 Å². The van der Waals surface area contributed by atoms with E-state index in [4.69, 9.17) is 5.41 Å². The van der Waals surface area contributed by atoms with Gasteiger partial charge in [-0.05, 0) is 0 Å². The van der Waals surface area contributed by atoms with Crippen LogP contribution in [-0.4, -0.2) is 17.9 Å². The molecule has 50 valence electrons. The summed E-state index contributed by atoms with van der Waals surface area (Å²) < 4.78 is 0. The fourth-order valence-electron chi connectivity index (χ4n) is 0. The monoisotopic (exact) mass is 568 g/mol. The topological polar surface area (TPSA) is 49.9 Å². The van der Waals surface area contributed by atoms with Gasteiger partial charge in [0.25, 0.3) is 0 Å². The Balaban J connectivity index is 0. The molecule has 0 fully saturated rings. The maximum absolute atomic E-state index is 5.86. The van der Waals surface area contributed by atoms with Crippen molar-refractivity contribution in [3.05, 3.63) is 0 Å². The third-order valence-electron chi connectivity index (χ3n) is 0. The fourth-order valence-corrected chi connectivity index (χ4v) is 0. The summed E-state index contributed by atoms with van der Waals surface area (Å²) in [7, 11) is 0. The molecule has 0 saturated carbocycles. The Morgan fingerprint density at radius 1 is 1.25 bits per heavy atom. The van der Waals surface area contributed by atoms with Gasteiger partial charge in [-0.15, -0.1) is 0 Å². The van der Waals surface area contributed by atoms with Crippen LogP contribution in [0.4, 0.5) is 0 Å². The van der Waals surface area contributed by atoms with E-state index in [-0.39, 0.29) is 0 Å². The molecule has 2 nitrogen and oxygen atoms in total. The van der Waals surface area contributed by atoms with E-state index in [1.54, 1.807) is 0 Å². The van der Waals surface area contributed by atoms with E-state index in [1.165, 1.54) is 0 Å². The Morgan fingerprint density at radius 2 is 1.25 bits per heavy atom. The summed E-state index contributed by atoms with van der Waals surface area (Å²) in [5, 5.41) is 5.86. The first-order chi connectivity index (χ1) is 3.41. The zero-order chi connectivity index (χ0) is 7.21. The molecule has 0 atom stereocenters. The fraction of sp³-hybridized carbons (Fsp3) is 0. The van der Waals surface area contributed by atoms with Gasteiger partial charge in [-0.3, -0.25) is 5.41 Å². The third-order valence-corrected chi connectivity index (χ3v) is 0. The van der Waals surface area contributed by atoms with Gasteiger partial charge >= 0.3 is 59.5 Å². The summed E-state index contributed by atoms with van der Waals surface area (Å²) in [6.07, 6.45) is 0.750. The van der Waals surface area contributed by atoms with Crippen LogP contribution < -0.4 is 5.73 Å². The van der Waals surface area contributed by atoms with E-state index in [1.807, 2.05) is 0 Å². The molecule has 7 heteroatoms. The predicted molar refractivity (Wildman–Crippen MR) is 54.4 cm³/mol. The van der Waals surface area contributed by atoms with Crippen LogP contribution in [0.1, 0.15) is 0 Å². The van der Waals surface area contributed by atoms with Gasteiger partial charge < -0.3 is 5.73 Å². The number of hydrogen-bond donors (Lipinski definition) is 2. The number of nitrogens with one attached hydrogen (secondary N) is 1. The molecule has 0 heterocycles. The molecule has 0 radical (unpaired) electrons. The Labute approximate surface area is 75.4 Å². The molecule has 0 rings (SSSR count). The minimum absolute atomic E-state index is 0.750. The Bertz CT molecular complexity index is 53.5. The zero-order valence-corrected chi connectivity index (χ0v) is 13.9. The first-order valence-corrected chi connectivity index (χ1v) is 35.1. The van der Waals surface area contributed by atoms with Gasteiger partial charge in [-0.1, -0.05) is 0 Å². The number of hydrogen-bond acceptors (Lipinski definition) is 1. The molecule has 0 unspecified atom stereocenters. The SMILES string of the molecule is N=CN.[Br][Pb]([Br])([Br])[Br]. The van der Waals surface area contributed by atoms with Crippen molar-refractivity contribution in [3.8, 4) is 0 Å². The van der Waals surface area contributed by atoms with E-state index >= 15 is 0 Å². The molecule has 0 aromatic heterocycles. The quantitative estimate of drug-likeness (QED) is 0.263. The predicted octanol–water partition coefficient (Wildman–Crippen LogP) is 2.55. The standard InChI is InChI=1S/CH4N2.4BrH.Pb/c2-1-3;;;;;/h1H,(H3,2,3);4*1H;/q;;;;;+4/p-4. The summed E-state index contributed by atoms with van der Waals surface area (Å²) >= 11 is 11.4. The summed E-state index contributed by atoms with van der Waals surface area (Å²) in [5.41, 5.74) is 4.39. The van der Waals surface area contributed by atoms with Crippen molar-refractivity contribution in [2.45, 2.75) is 0 Å². The molecule has 0 bridgehead atoms. The van der Waals surface area contributed by atoms with Crippen molar-refractivity contribution in [1.82, 2.24) is 0 Å². The van der Waals surface area contributed by atoms with Crippen LogP contribution >= 0.6 is 47.9 Å². The van der Waals surface area contributed by atoms with Crippen molar-refractivity contribution in [3.63, 3.8) is 0 Å². The van der Waals surface area contributed by atoms with Crippen LogP contribution in [0.2, 0.25) is 0 Å². The molecule has 0 amide bonds. The Hall–Kier alpha value is 2.31. The second-order valence-electron chi connectivity index (χ2n) is 0.595. The molecular weight excluding hydrogens is 567 g/mol. The van der Waals surface area contributed by atoms with Crippen molar-refractivity contribution in [2.24, 2.45) is 5.73 Å². The number of rotatable bonds is 0. The van der Waals surface area contributed by atoms with E-state index in [9.17, 15) is 0 Å². The van der Waals surface area contributed by atoms with Crippen LogP contribution in [0.15, 0.2) is 0 Å². The minimum atomic E-state index is -2.03. The molecule has 3 N–H and O–H groups in total. The average molecular weight is 571 g/mol. The van der Waals surface area contributed by atoms with E-state index in [0.29, 0.717) is 0 Å². The molecule has 0 spiro atoms. The number of halogens is 4. The van der Waals surface area contributed by atoms with Gasteiger partial charge in [0, 0.05) is 0 Å². The first kappa shape index (κ1) is 12.9. The van der Waals surface area contributed by atoms with Crippen LogP contribution in [0.25, 0.3) is 0 Å². The normalized spacial score (nSPS) is 9.00. The van der Waals surface area contributed by atoms with Crippen LogP contribution in [-0.2, 0) is 0 Å². The van der Waals surface area contributed by atoms with Gasteiger partial charge in [-0.2, -0.15) is 0 Å². The maximum atomic E-state index is 5.86. The number of nitrogens with two attached hydrogens (primary N) is 1. The van der Waals surface area contributed by atoms with Crippen molar-refractivity contribution in [2.75, 3.05) is 0 Å². The van der Waals surface area contributed by atoms with Gasteiger partial charge in [0.05, 0.1) is 6.34 Å². The molecule has 0 aliphatic heterocycles. The van der Waals surface area contributed by atoms with Crippen molar-refractivity contribution < 1.29 is 0 Å². The van der Waals surface area contributed by atoms with Gasteiger partial charge in [0.15, 0.2) is 0 Å². The average Bonchev–Trinajstić information content (AvgIpc) is 1.27. The molecule has 0 aliphatic rings. The Morgan fingerprint density at radius 3 is 1.25 bits per heavy atom. The molecule has 0 saturated heterocycles. The second kappa shape index (κ2) is 7.42. The van der Waals surface area contributed by atoms with Gasteiger partial charge in [0.1, 0.15) is 0 Å². The summed E-state index contributed by atoms with van der Waals surface area (Å²) in [5.74, 6) is 0. The van der Waals surface area contributed by atoms with Crippen LogP contribution in [0.3, 0.4) is 0 Å². The molecule has 8 heavy (non-hydrogen) atoms. The van der Waals surface area contributed by atoms with E-state index in [2.05, 4.69) is 53.7 Å². The Kier molecular flexibility index (Phi) is 12.0. The molecule has 0 aromatic carbocycles. The van der Waals surface area contributed by atoms with Crippen molar-refractivity contribution in [1.29, 1.82) is 5.41 Å². The summed E-state index contributed by atoms with van der Waals surface area (Å²) in [6, 6.07) is 0. The van der Waals surface area contributed by atoms with E-state index in [0.717, 1.165) is 6.34 Å². The van der Waals surface area contributed by atoms with Gasteiger partial charge in [-0.25, -0.2) is 0 Å². The molecular formula is CH4Br4N2Pb. The second-order valence-corrected chi connectivity index (χ2v) is 102. The van der Waals surface area contributed by atoms with Gasteiger partial charge in [0.2, 0.25) is 0 Å². The summed E-state index contributed by atoms with van der Waals surface area (Å²) in [4.78, 5) is 0. The first-order valence-electron chi connectivity index (χ1n) is 1.38. The zero-order valence-electron chi connectivity index (χ0n) is 3.67.